The zero-order valence-corrected chi connectivity index (χ0v) is 38.3. The fraction of sp³-hybridized carbons (Fsp3) is 0.816. The van der Waals surface area contributed by atoms with Gasteiger partial charge in [0.1, 0.15) is 42.5 Å². The molecule has 3 aliphatic rings. The molecule has 0 aromatic heterocycles. The van der Waals surface area contributed by atoms with Gasteiger partial charge in [0.15, 0.2) is 37.3 Å². The number of aliphatic hydroxyl groups is 4. The average Bonchev–Trinajstić information content (AvgIpc) is 3.17. The molecule has 3 rings (SSSR count). The molecule has 27 nitrogen and oxygen atoms in total. The van der Waals surface area contributed by atoms with Crippen molar-refractivity contribution in [3.63, 3.8) is 0 Å². The van der Waals surface area contributed by atoms with E-state index in [1.807, 2.05) is 0 Å². The highest BCUT2D eigenvalue weighted by atomic mass is 16.8. The van der Waals surface area contributed by atoms with Gasteiger partial charge < -0.3 is 101 Å². The normalized spacial score (nSPS) is 34.9. The Bertz CT molecular complexity index is 1700. The molecule has 0 spiro atoms. The van der Waals surface area contributed by atoms with Crippen LogP contribution < -0.4 is 32.6 Å². The second kappa shape index (κ2) is 25.3. The number of hydrogen-bond acceptors (Lipinski definition) is 21. The van der Waals surface area contributed by atoms with Crippen LogP contribution in [-0.2, 0) is 71.3 Å². The largest absolute Gasteiger partial charge is 0.479 e. The van der Waals surface area contributed by atoms with Gasteiger partial charge in [-0.05, 0) is 41.5 Å². The maximum absolute atomic E-state index is 13.4. The first kappa shape index (κ1) is 56.2. The highest BCUT2D eigenvalue weighted by Gasteiger charge is 2.57. The fourth-order valence-corrected chi connectivity index (χ4v) is 7.40. The van der Waals surface area contributed by atoms with E-state index in [0.717, 1.165) is 28.4 Å². The second-order valence-corrected chi connectivity index (χ2v) is 16.3. The van der Waals surface area contributed by atoms with Crippen LogP contribution in [0.3, 0.4) is 0 Å². The minimum Gasteiger partial charge on any atom is -0.479 e. The highest BCUT2D eigenvalue weighted by Crippen LogP contribution is 2.36. The zero-order valence-electron chi connectivity index (χ0n) is 38.3. The van der Waals surface area contributed by atoms with Crippen LogP contribution in [0.25, 0.3) is 0 Å². The Labute approximate surface area is 381 Å². The lowest BCUT2D eigenvalue weighted by Gasteiger charge is -2.50. The van der Waals surface area contributed by atoms with Crippen molar-refractivity contribution < 1.29 is 96.8 Å². The number of carbonyl (C=O) groups is 6. The summed E-state index contributed by atoms with van der Waals surface area (Å²) in [7, 11) is 0.817. The number of rotatable bonds is 21. The third-order valence-corrected chi connectivity index (χ3v) is 10.3. The molecule has 0 saturated carbocycles. The molecule has 4 amide bonds. The average molecular weight is 951 g/mol. The molecule has 13 N–H and O–H groups in total. The van der Waals surface area contributed by atoms with Gasteiger partial charge in [0.25, 0.3) is 0 Å². The number of carboxylic acids is 1. The lowest BCUT2D eigenvalue weighted by atomic mass is 9.91. The zero-order chi connectivity index (χ0) is 49.9. The first-order valence-electron chi connectivity index (χ1n) is 21.1. The van der Waals surface area contributed by atoms with E-state index in [4.69, 9.17) is 53.9 Å². The first-order chi connectivity index (χ1) is 30.7. The molecule has 20 atom stereocenters. The Morgan fingerprint density at radius 1 is 0.758 bits per heavy atom. The summed E-state index contributed by atoms with van der Waals surface area (Å²) in [4.78, 5) is 81.2. The molecule has 1 radical (unpaired) electrons. The predicted octanol–water partition coefficient (Wildman–Crippen LogP) is -5.18. The number of ether oxygens (including phenoxy) is 8. The molecule has 0 aliphatic carbocycles. The van der Waals surface area contributed by atoms with Crippen molar-refractivity contribution in [1.29, 1.82) is 0 Å². The molecule has 0 aromatic carbocycles. The van der Waals surface area contributed by atoms with Gasteiger partial charge in [0.05, 0.1) is 48.8 Å². The van der Waals surface area contributed by atoms with Gasteiger partial charge in [0.2, 0.25) is 29.9 Å². The minimum absolute atomic E-state index is 0.0964. The van der Waals surface area contributed by atoms with Crippen LogP contribution in [0.1, 0.15) is 75.7 Å². The Balaban J connectivity index is 2.20. The van der Waals surface area contributed by atoms with E-state index in [-0.39, 0.29) is 5.84 Å². The number of aliphatic hydroxyl groups excluding tert-OH is 4. The second-order valence-electron chi connectivity index (χ2n) is 16.3. The topological polar surface area (TPSA) is 399 Å². The number of esters is 1. The number of nitrogens with one attached hydrogen (secondary N) is 4. The molecule has 19 unspecified atom stereocenters. The van der Waals surface area contributed by atoms with Crippen LogP contribution in [0.4, 0.5) is 0 Å². The number of carbonyl (C=O) groups excluding carboxylic acids is 5. The van der Waals surface area contributed by atoms with Gasteiger partial charge in [-0.1, -0.05) is 0 Å². The summed E-state index contributed by atoms with van der Waals surface area (Å²) < 4.78 is 53.7. The van der Waals surface area contributed by atoms with E-state index in [1.54, 1.807) is 0 Å². The van der Waals surface area contributed by atoms with E-state index in [2.05, 4.69) is 26.3 Å². The summed E-state index contributed by atoms with van der Waals surface area (Å²) in [6, 6.07) is -6.04. The van der Waals surface area contributed by atoms with Gasteiger partial charge in [-0.3, -0.25) is 29.0 Å². The molecule has 3 saturated heterocycles. The summed E-state index contributed by atoms with van der Waals surface area (Å²) in [6.45, 7) is 12.7. The Morgan fingerprint density at radius 3 is 1.86 bits per heavy atom. The Hall–Kier alpha value is -4.17. The summed E-state index contributed by atoms with van der Waals surface area (Å²) in [5, 5.41) is 63.2. The summed E-state index contributed by atoms with van der Waals surface area (Å²) >= 11 is 0. The first-order valence-corrected chi connectivity index (χ1v) is 21.1. The quantitative estimate of drug-likeness (QED) is 0.0168. The molecule has 28 heteroatoms. The maximum Gasteiger partial charge on any atom is 0.394 e. The van der Waals surface area contributed by atoms with Crippen molar-refractivity contribution in [2.45, 2.75) is 198 Å². The summed E-state index contributed by atoms with van der Waals surface area (Å²) in [5.74, 6) is -5.74. The summed E-state index contributed by atoms with van der Waals surface area (Å²) in [5.41, 5.74) is 11.6. The van der Waals surface area contributed by atoms with E-state index in [9.17, 15) is 54.3 Å². The highest BCUT2D eigenvalue weighted by molar-refractivity contribution is 6.22. The van der Waals surface area contributed by atoms with E-state index >= 15 is 0 Å². The fourth-order valence-electron chi connectivity index (χ4n) is 7.40. The van der Waals surface area contributed by atoms with E-state index < -0.39 is 165 Å². The molecular weight excluding hydrogens is 885 g/mol. The molecular formula is C38H65BN7O20. The lowest BCUT2D eigenvalue weighted by molar-refractivity contribution is -0.342. The number of nitrogens with two attached hydrogens (primary N) is 2. The maximum atomic E-state index is 13.4. The van der Waals surface area contributed by atoms with Gasteiger partial charge in [-0.25, -0.2) is 4.79 Å². The van der Waals surface area contributed by atoms with Crippen LogP contribution in [0.5, 0.6) is 0 Å². The van der Waals surface area contributed by atoms with Crippen LogP contribution in [0, 0.1) is 0 Å². The number of nitrogens with zero attached hydrogens (tertiary/aromatic N) is 1. The number of aliphatic carboxylic acids is 1. The van der Waals surface area contributed by atoms with Crippen molar-refractivity contribution in [2.24, 2.45) is 16.4 Å². The van der Waals surface area contributed by atoms with E-state index in [1.165, 1.54) is 48.5 Å². The van der Waals surface area contributed by atoms with Gasteiger partial charge in [0, 0.05) is 27.7 Å². The van der Waals surface area contributed by atoms with Gasteiger partial charge in [-0.15, -0.1) is 0 Å². The molecule has 3 heterocycles. The van der Waals surface area contributed by atoms with Crippen LogP contribution in [-0.4, -0.2) is 197 Å². The minimum atomic E-state index is -2.18. The molecule has 0 aromatic rings. The molecule has 3 fully saturated rings. The molecule has 3 aliphatic heterocycles. The van der Waals surface area contributed by atoms with Crippen molar-refractivity contribution in [3.05, 3.63) is 0 Å². The van der Waals surface area contributed by atoms with Crippen LogP contribution in [0.2, 0.25) is 0 Å². The SMILES string of the molecule is CC(=O)NC(O)C(OC(C)C(C)O)OC1C(C(=O)O)OC(OC2C(C)OC(OC3C(O)C(C)OC(O[B]N)C3NC(C)=O)C(N=C(C)N)C2OC(C)=O)C(NC(C)=O)C1NC(=O)C[C@@H](C)O. The van der Waals surface area contributed by atoms with Gasteiger partial charge >= 0.3 is 19.6 Å². The summed E-state index contributed by atoms with van der Waals surface area (Å²) in [6.07, 6.45) is -25.1. The van der Waals surface area contributed by atoms with Crippen molar-refractivity contribution in [2.75, 3.05) is 0 Å². The van der Waals surface area contributed by atoms with Gasteiger partial charge in [-0.2, -0.15) is 0 Å². The third kappa shape index (κ3) is 15.7. The van der Waals surface area contributed by atoms with Crippen LogP contribution >= 0.6 is 0 Å². The van der Waals surface area contributed by atoms with Crippen molar-refractivity contribution in [1.82, 2.24) is 21.3 Å². The van der Waals surface area contributed by atoms with Crippen molar-refractivity contribution >= 4 is 49.0 Å². The third-order valence-electron chi connectivity index (χ3n) is 10.3. The van der Waals surface area contributed by atoms with Crippen LogP contribution in [0.15, 0.2) is 4.99 Å². The Morgan fingerprint density at radius 2 is 1.35 bits per heavy atom. The number of amidine groups is 1. The predicted molar refractivity (Wildman–Crippen MR) is 223 cm³/mol. The molecule has 0 bridgehead atoms. The van der Waals surface area contributed by atoms with Crippen molar-refractivity contribution in [3.8, 4) is 0 Å². The molecule has 375 valence electrons. The monoisotopic (exact) mass is 950 g/mol. The number of amides is 4. The lowest BCUT2D eigenvalue weighted by Crippen LogP contribution is -2.73. The number of carboxylic acid groups (broad SMARTS) is 1. The standard InChI is InChI=1S/C38H65BN7O20/c1-12(47)11-22(53)46-23-24(43-18(7)49)35(65-32(34(56)57)30(23)64-38(33(55)45-20(9)51)58-14(3)13(2)48)62-28-16(5)60-36(26(42-17(6)40)31(28)61-21(10)52)63-29-25(44-19(8)50)37(66-39-41)59-15(4)27(29)54/h12-16,23-33,35-38,47-48,54-55H,11,41H2,1-10H3,(H2,40,42)(H,43,49)(H,44,50)(H,45,51)(H,46,53)(H,56,57)/t12-,13?,14?,15?,16?,23?,24?,25?,26?,27?,28?,29?,30?,31?,32?,33?,35?,36?,37?,38?/m1/s1. The Kier molecular flexibility index (Phi) is 21.5. The smallest absolute Gasteiger partial charge is 0.394 e. The molecule has 66 heavy (non-hydrogen) atoms. The number of aliphatic imine (C=N–C) groups is 1. The van der Waals surface area contributed by atoms with E-state index in [0.29, 0.717) is 0 Å². The number of hydrogen-bond donors (Lipinski definition) is 11.